The first-order chi connectivity index (χ1) is 20.0. The van der Waals surface area contributed by atoms with Crippen molar-refractivity contribution in [2.45, 2.75) is 104 Å². The lowest BCUT2D eigenvalue weighted by Crippen LogP contribution is -2.42. The number of fused-ring (bicyclic) bond motifs is 1. The third kappa shape index (κ3) is 9.99. The molecule has 0 aliphatic carbocycles. The van der Waals surface area contributed by atoms with Crippen LogP contribution in [0.1, 0.15) is 112 Å². The summed E-state index contributed by atoms with van der Waals surface area (Å²) in [5, 5.41) is 3.23. The van der Waals surface area contributed by atoms with E-state index in [-0.39, 0.29) is 24.0 Å². The third-order valence-electron chi connectivity index (χ3n) is 7.13. The van der Waals surface area contributed by atoms with Gasteiger partial charge in [0.05, 0.1) is 0 Å². The predicted molar refractivity (Wildman–Crippen MR) is 166 cm³/mol. The van der Waals surface area contributed by atoms with E-state index in [1.54, 1.807) is 6.92 Å². The maximum Gasteiger partial charge on any atom is 0.349 e. The van der Waals surface area contributed by atoms with Crippen molar-refractivity contribution in [1.29, 1.82) is 0 Å². The molecule has 3 rings (SSSR count). The smallest absolute Gasteiger partial charge is 0.349 e. The number of nitrogens with one attached hydrogen (secondary N) is 1. The third-order valence-corrected chi connectivity index (χ3v) is 8.30. The highest BCUT2D eigenvalue weighted by Gasteiger charge is 2.25. The standard InChI is InChI=1S/C32H45N3O5S/c1-4-6-8-10-12-17-21-33-31(38)35(22-18-13-11-9-7-5-2)32-34-28-26(29(36)40-32)24(3)27(41-28)30(37)39-23-25-19-15-14-16-20-25/h14-16,19-20H,4-13,17-18,21-23H2,1-3H3,(H,33,38). The van der Waals surface area contributed by atoms with E-state index in [0.29, 0.717) is 28.4 Å². The zero-order valence-corrected chi connectivity index (χ0v) is 25.7. The fourth-order valence-corrected chi connectivity index (χ4v) is 5.74. The molecule has 0 unspecified atom stereocenters. The molecule has 0 atom stereocenters. The number of esters is 1. The summed E-state index contributed by atoms with van der Waals surface area (Å²) >= 11 is 1.09. The lowest BCUT2D eigenvalue weighted by molar-refractivity contribution is 0.0478. The number of carbonyl (C=O) groups is 2. The molecule has 9 heteroatoms. The Bertz CT molecular complexity index is 1290. The number of aromatic nitrogens is 1. The second kappa shape index (κ2) is 17.6. The van der Waals surface area contributed by atoms with Crippen LogP contribution in [0.5, 0.6) is 0 Å². The molecule has 224 valence electrons. The number of amides is 2. The molecule has 1 N–H and O–H groups in total. The van der Waals surface area contributed by atoms with Crippen LogP contribution in [0.25, 0.3) is 10.2 Å². The first kappa shape index (κ1) is 32.3. The minimum Gasteiger partial charge on any atom is -0.457 e. The lowest BCUT2D eigenvalue weighted by atomic mass is 10.1. The minimum absolute atomic E-state index is 0.0399. The molecule has 0 bridgehead atoms. The van der Waals surface area contributed by atoms with Crippen LogP contribution < -0.4 is 15.8 Å². The van der Waals surface area contributed by atoms with E-state index in [4.69, 9.17) is 9.15 Å². The Morgan fingerprint density at radius 1 is 0.927 bits per heavy atom. The van der Waals surface area contributed by atoms with Crippen LogP contribution in [-0.4, -0.2) is 30.1 Å². The van der Waals surface area contributed by atoms with Gasteiger partial charge >= 0.3 is 23.6 Å². The van der Waals surface area contributed by atoms with Gasteiger partial charge in [-0.3, -0.25) is 0 Å². The zero-order chi connectivity index (χ0) is 29.5. The van der Waals surface area contributed by atoms with Crippen LogP contribution in [0.2, 0.25) is 0 Å². The Hall–Kier alpha value is -3.20. The number of thiophene rings is 1. The van der Waals surface area contributed by atoms with Gasteiger partial charge in [0.15, 0.2) is 0 Å². The molecule has 3 aromatic rings. The van der Waals surface area contributed by atoms with Gasteiger partial charge in [-0.15, -0.1) is 11.3 Å². The van der Waals surface area contributed by atoms with E-state index in [1.807, 2.05) is 30.3 Å². The van der Waals surface area contributed by atoms with Gasteiger partial charge in [-0.25, -0.2) is 19.3 Å². The van der Waals surface area contributed by atoms with E-state index in [2.05, 4.69) is 24.1 Å². The fourth-order valence-electron chi connectivity index (χ4n) is 4.69. The Morgan fingerprint density at radius 3 is 2.24 bits per heavy atom. The lowest BCUT2D eigenvalue weighted by Gasteiger charge is -2.20. The molecule has 0 aliphatic rings. The second-order valence-electron chi connectivity index (χ2n) is 10.5. The molecule has 8 nitrogen and oxygen atoms in total. The highest BCUT2D eigenvalue weighted by molar-refractivity contribution is 7.20. The van der Waals surface area contributed by atoms with Crippen molar-refractivity contribution in [3.05, 3.63) is 56.8 Å². The Labute approximate surface area is 247 Å². The summed E-state index contributed by atoms with van der Waals surface area (Å²) in [6, 6.07) is 9.05. The van der Waals surface area contributed by atoms with E-state index in [9.17, 15) is 14.4 Å². The monoisotopic (exact) mass is 583 g/mol. The molecule has 0 fully saturated rings. The second-order valence-corrected chi connectivity index (χ2v) is 11.5. The average Bonchev–Trinajstić information content (AvgIpc) is 3.32. The predicted octanol–water partition coefficient (Wildman–Crippen LogP) is 8.15. The first-order valence-corrected chi connectivity index (χ1v) is 16.0. The molecule has 0 radical (unpaired) electrons. The highest BCUT2D eigenvalue weighted by Crippen LogP contribution is 2.30. The maximum absolute atomic E-state index is 13.2. The van der Waals surface area contributed by atoms with Crippen molar-refractivity contribution in [1.82, 2.24) is 10.3 Å². The summed E-state index contributed by atoms with van der Waals surface area (Å²) in [6.45, 7) is 7.15. The van der Waals surface area contributed by atoms with Gasteiger partial charge in [-0.2, -0.15) is 4.98 Å². The van der Waals surface area contributed by atoms with Crippen LogP contribution in [0, 0.1) is 6.92 Å². The number of rotatable bonds is 18. The molecule has 2 aromatic heterocycles. The SMILES string of the molecule is CCCCCCCCNC(=O)N(CCCCCCCC)c1nc2sc(C(=O)OCc3ccccc3)c(C)c2c(=O)o1. The number of unbranched alkanes of at least 4 members (excludes halogenated alkanes) is 10. The maximum atomic E-state index is 13.2. The molecular weight excluding hydrogens is 538 g/mol. The molecule has 0 spiro atoms. The van der Waals surface area contributed by atoms with Crippen molar-refractivity contribution in [2.75, 3.05) is 18.0 Å². The van der Waals surface area contributed by atoms with Crippen LogP contribution in [0.4, 0.5) is 10.8 Å². The first-order valence-electron chi connectivity index (χ1n) is 15.2. The van der Waals surface area contributed by atoms with Crippen molar-refractivity contribution in [3.8, 4) is 0 Å². The molecular formula is C32H45N3O5S. The summed E-state index contributed by atoms with van der Waals surface area (Å²) in [6.07, 6.45) is 13.2. The van der Waals surface area contributed by atoms with E-state index in [1.165, 1.54) is 37.0 Å². The highest BCUT2D eigenvalue weighted by atomic mass is 32.1. The van der Waals surface area contributed by atoms with Gasteiger partial charge < -0.3 is 14.5 Å². The molecule has 2 amide bonds. The Kier molecular flexibility index (Phi) is 13.9. The normalized spacial score (nSPS) is 11.1. The van der Waals surface area contributed by atoms with Gasteiger partial charge in [0.25, 0.3) is 0 Å². The number of nitrogens with zero attached hydrogens (tertiary/aromatic N) is 2. The van der Waals surface area contributed by atoms with Crippen LogP contribution in [-0.2, 0) is 11.3 Å². The van der Waals surface area contributed by atoms with Gasteiger partial charge in [-0.05, 0) is 30.9 Å². The summed E-state index contributed by atoms with van der Waals surface area (Å²) in [5.74, 6) is -0.518. The van der Waals surface area contributed by atoms with Gasteiger partial charge in [0.2, 0.25) is 0 Å². The fraction of sp³-hybridized carbons (Fsp3) is 0.562. The van der Waals surface area contributed by atoms with Crippen LogP contribution >= 0.6 is 11.3 Å². The average molecular weight is 584 g/mol. The molecule has 41 heavy (non-hydrogen) atoms. The molecule has 1 aromatic carbocycles. The van der Waals surface area contributed by atoms with Crippen molar-refractivity contribution in [2.24, 2.45) is 0 Å². The number of ether oxygens (including phenoxy) is 1. The molecule has 2 heterocycles. The molecule has 0 saturated carbocycles. The largest absolute Gasteiger partial charge is 0.457 e. The summed E-state index contributed by atoms with van der Waals surface area (Å²) in [7, 11) is 0. The summed E-state index contributed by atoms with van der Waals surface area (Å²) < 4.78 is 11.1. The van der Waals surface area contributed by atoms with Gasteiger partial charge in [-0.1, -0.05) is 108 Å². The Balaban J connectivity index is 1.74. The van der Waals surface area contributed by atoms with Crippen molar-refractivity contribution < 1.29 is 18.7 Å². The number of aryl methyl sites for hydroxylation is 1. The van der Waals surface area contributed by atoms with E-state index in [0.717, 1.165) is 61.8 Å². The molecule has 0 aliphatic heterocycles. The van der Waals surface area contributed by atoms with Crippen LogP contribution in [0.15, 0.2) is 39.5 Å². The van der Waals surface area contributed by atoms with Crippen molar-refractivity contribution >= 4 is 39.6 Å². The van der Waals surface area contributed by atoms with Gasteiger partial charge in [0, 0.05) is 13.1 Å². The minimum atomic E-state index is -0.613. The van der Waals surface area contributed by atoms with Gasteiger partial charge in [0.1, 0.15) is 21.7 Å². The van der Waals surface area contributed by atoms with Crippen molar-refractivity contribution in [3.63, 3.8) is 0 Å². The quantitative estimate of drug-likeness (QED) is 0.120. The van der Waals surface area contributed by atoms with E-state index < -0.39 is 11.6 Å². The summed E-state index contributed by atoms with van der Waals surface area (Å²) in [5.41, 5.74) is 0.736. The number of benzene rings is 1. The topological polar surface area (TPSA) is 102 Å². The van der Waals surface area contributed by atoms with Crippen LogP contribution in [0.3, 0.4) is 0 Å². The number of hydrogen-bond acceptors (Lipinski definition) is 7. The number of anilines is 1. The summed E-state index contributed by atoms with van der Waals surface area (Å²) in [4.78, 5) is 45.9. The number of carbonyl (C=O) groups excluding carboxylic acids is 2. The Morgan fingerprint density at radius 2 is 1.56 bits per heavy atom. The zero-order valence-electron chi connectivity index (χ0n) is 24.8. The number of urea groups is 1. The number of hydrogen-bond donors (Lipinski definition) is 1. The molecule has 0 saturated heterocycles. The van der Waals surface area contributed by atoms with E-state index >= 15 is 0 Å².